The SMILES string of the molecule is CCOC(=O)C(C)NCc1cccc(CN2CCCC2)c1. The third-order valence-electron chi connectivity index (χ3n) is 3.85. The molecule has 1 heterocycles. The first-order chi connectivity index (χ1) is 10.2. The van der Waals surface area contributed by atoms with E-state index in [0.29, 0.717) is 13.2 Å². The molecule has 0 spiro atoms. The summed E-state index contributed by atoms with van der Waals surface area (Å²) in [5, 5.41) is 3.22. The topological polar surface area (TPSA) is 41.6 Å². The summed E-state index contributed by atoms with van der Waals surface area (Å²) in [5.74, 6) is -0.189. The first-order valence-electron chi connectivity index (χ1n) is 7.89. The van der Waals surface area contributed by atoms with Gasteiger partial charge in [-0.2, -0.15) is 0 Å². The van der Waals surface area contributed by atoms with Crippen molar-refractivity contribution in [2.45, 2.75) is 45.8 Å². The van der Waals surface area contributed by atoms with E-state index in [2.05, 4.69) is 34.5 Å². The number of benzene rings is 1. The smallest absolute Gasteiger partial charge is 0.322 e. The molecule has 1 N–H and O–H groups in total. The lowest BCUT2D eigenvalue weighted by Crippen LogP contribution is -2.34. The van der Waals surface area contributed by atoms with Crippen molar-refractivity contribution in [3.63, 3.8) is 0 Å². The average molecular weight is 290 g/mol. The molecule has 0 amide bonds. The molecule has 0 saturated carbocycles. The van der Waals surface area contributed by atoms with E-state index >= 15 is 0 Å². The number of rotatable bonds is 7. The van der Waals surface area contributed by atoms with Crippen molar-refractivity contribution >= 4 is 5.97 Å². The van der Waals surface area contributed by atoms with Gasteiger partial charge in [0, 0.05) is 13.1 Å². The van der Waals surface area contributed by atoms with Gasteiger partial charge in [0.15, 0.2) is 0 Å². The van der Waals surface area contributed by atoms with Gasteiger partial charge in [-0.15, -0.1) is 0 Å². The van der Waals surface area contributed by atoms with Gasteiger partial charge in [0.25, 0.3) is 0 Å². The molecule has 116 valence electrons. The maximum absolute atomic E-state index is 11.6. The summed E-state index contributed by atoms with van der Waals surface area (Å²) < 4.78 is 5.00. The first-order valence-corrected chi connectivity index (χ1v) is 7.89. The Kier molecular flexibility index (Phi) is 6.21. The van der Waals surface area contributed by atoms with Gasteiger partial charge in [0.05, 0.1) is 6.61 Å². The van der Waals surface area contributed by atoms with Crippen LogP contribution in [0.15, 0.2) is 24.3 Å². The van der Waals surface area contributed by atoms with Crippen molar-refractivity contribution in [3.8, 4) is 0 Å². The Morgan fingerprint density at radius 2 is 2.05 bits per heavy atom. The number of nitrogens with one attached hydrogen (secondary N) is 1. The molecule has 0 radical (unpaired) electrons. The van der Waals surface area contributed by atoms with E-state index in [9.17, 15) is 4.79 Å². The fourth-order valence-corrected chi connectivity index (χ4v) is 2.66. The maximum Gasteiger partial charge on any atom is 0.322 e. The monoisotopic (exact) mass is 290 g/mol. The minimum absolute atomic E-state index is 0.189. The van der Waals surface area contributed by atoms with Crippen molar-refractivity contribution in [1.82, 2.24) is 10.2 Å². The lowest BCUT2D eigenvalue weighted by Gasteiger charge is -2.16. The number of esters is 1. The molecule has 1 aliphatic rings. The van der Waals surface area contributed by atoms with E-state index in [0.717, 1.165) is 6.54 Å². The normalized spacial score (nSPS) is 16.9. The second-order valence-electron chi connectivity index (χ2n) is 5.66. The number of nitrogens with zero attached hydrogens (tertiary/aromatic N) is 1. The van der Waals surface area contributed by atoms with Crippen LogP contribution >= 0.6 is 0 Å². The molecule has 0 aromatic heterocycles. The van der Waals surface area contributed by atoms with E-state index < -0.39 is 0 Å². The molecular weight excluding hydrogens is 264 g/mol. The molecule has 0 bridgehead atoms. The van der Waals surface area contributed by atoms with E-state index in [1.807, 2.05) is 13.8 Å². The van der Waals surface area contributed by atoms with Crippen molar-refractivity contribution in [2.24, 2.45) is 0 Å². The van der Waals surface area contributed by atoms with Gasteiger partial charge < -0.3 is 10.1 Å². The van der Waals surface area contributed by atoms with Gasteiger partial charge in [0.2, 0.25) is 0 Å². The van der Waals surface area contributed by atoms with E-state index in [1.165, 1.54) is 37.1 Å². The van der Waals surface area contributed by atoms with Crippen LogP contribution in [0.25, 0.3) is 0 Å². The molecule has 1 fully saturated rings. The molecule has 4 heteroatoms. The lowest BCUT2D eigenvalue weighted by molar-refractivity contribution is -0.145. The zero-order valence-corrected chi connectivity index (χ0v) is 13.1. The standard InChI is InChI=1S/C17H26N2O2/c1-3-21-17(20)14(2)18-12-15-7-6-8-16(11-15)13-19-9-4-5-10-19/h6-8,11,14,18H,3-5,9-10,12-13H2,1-2H3. The van der Waals surface area contributed by atoms with E-state index in [-0.39, 0.29) is 12.0 Å². The Hall–Kier alpha value is -1.39. The third-order valence-corrected chi connectivity index (χ3v) is 3.85. The number of hydrogen-bond acceptors (Lipinski definition) is 4. The molecule has 2 rings (SSSR count). The molecule has 4 nitrogen and oxygen atoms in total. The minimum atomic E-state index is -0.271. The van der Waals surface area contributed by atoms with Gasteiger partial charge in [-0.25, -0.2) is 0 Å². The summed E-state index contributed by atoms with van der Waals surface area (Å²) in [6.45, 7) is 8.23. The third kappa shape index (κ3) is 5.14. The minimum Gasteiger partial charge on any atom is -0.465 e. The quantitative estimate of drug-likeness (QED) is 0.783. The van der Waals surface area contributed by atoms with Crippen LogP contribution in [0.5, 0.6) is 0 Å². The zero-order valence-electron chi connectivity index (χ0n) is 13.1. The highest BCUT2D eigenvalue weighted by atomic mass is 16.5. The molecule has 1 saturated heterocycles. The Balaban J connectivity index is 1.84. The Bertz CT molecular complexity index is 456. The number of carbonyl (C=O) groups excluding carboxylic acids is 1. The number of likely N-dealkylation sites (tertiary alicyclic amines) is 1. The summed E-state index contributed by atoms with van der Waals surface area (Å²) in [4.78, 5) is 14.1. The first kappa shape index (κ1) is 16.0. The van der Waals surface area contributed by atoms with E-state index in [1.54, 1.807) is 0 Å². The van der Waals surface area contributed by atoms with Crippen molar-refractivity contribution in [2.75, 3.05) is 19.7 Å². The molecule has 1 atom stereocenters. The van der Waals surface area contributed by atoms with Crippen LogP contribution in [-0.2, 0) is 22.6 Å². The van der Waals surface area contributed by atoms with Crippen LogP contribution in [-0.4, -0.2) is 36.6 Å². The fraction of sp³-hybridized carbons (Fsp3) is 0.588. The van der Waals surface area contributed by atoms with E-state index in [4.69, 9.17) is 4.74 Å². The highest BCUT2D eigenvalue weighted by Gasteiger charge is 2.14. The molecule has 1 aromatic carbocycles. The van der Waals surface area contributed by atoms with Crippen LogP contribution in [0.4, 0.5) is 0 Å². The molecular formula is C17H26N2O2. The average Bonchev–Trinajstić information content (AvgIpc) is 2.98. The Morgan fingerprint density at radius 1 is 1.33 bits per heavy atom. The Labute approximate surface area is 127 Å². The van der Waals surface area contributed by atoms with Crippen LogP contribution in [0.3, 0.4) is 0 Å². The predicted molar refractivity (Wildman–Crippen MR) is 83.9 cm³/mol. The fourth-order valence-electron chi connectivity index (χ4n) is 2.66. The second-order valence-corrected chi connectivity index (χ2v) is 5.66. The summed E-state index contributed by atoms with van der Waals surface area (Å²) in [7, 11) is 0. The molecule has 1 unspecified atom stereocenters. The molecule has 1 aliphatic heterocycles. The highest BCUT2D eigenvalue weighted by molar-refractivity contribution is 5.75. The van der Waals surface area contributed by atoms with Crippen LogP contribution < -0.4 is 5.32 Å². The Morgan fingerprint density at radius 3 is 2.76 bits per heavy atom. The van der Waals surface area contributed by atoms with Gasteiger partial charge in [0.1, 0.15) is 6.04 Å². The summed E-state index contributed by atoms with van der Waals surface area (Å²) >= 11 is 0. The van der Waals surface area contributed by atoms with Gasteiger partial charge >= 0.3 is 5.97 Å². The predicted octanol–water partition coefficient (Wildman–Crippen LogP) is 2.32. The maximum atomic E-state index is 11.6. The van der Waals surface area contributed by atoms with Crippen LogP contribution in [0.2, 0.25) is 0 Å². The van der Waals surface area contributed by atoms with Gasteiger partial charge in [-0.1, -0.05) is 24.3 Å². The number of carbonyl (C=O) groups is 1. The molecule has 1 aromatic rings. The second kappa shape index (κ2) is 8.15. The largest absolute Gasteiger partial charge is 0.465 e. The summed E-state index contributed by atoms with van der Waals surface area (Å²) in [6.07, 6.45) is 2.64. The van der Waals surface area contributed by atoms with Crippen molar-refractivity contribution < 1.29 is 9.53 Å². The van der Waals surface area contributed by atoms with Crippen molar-refractivity contribution in [1.29, 1.82) is 0 Å². The van der Waals surface area contributed by atoms with Crippen molar-refractivity contribution in [3.05, 3.63) is 35.4 Å². The van der Waals surface area contributed by atoms with Gasteiger partial charge in [-0.3, -0.25) is 9.69 Å². The van der Waals surface area contributed by atoms with Gasteiger partial charge in [-0.05, 0) is 50.9 Å². The number of ether oxygens (including phenoxy) is 1. The molecule has 0 aliphatic carbocycles. The zero-order chi connectivity index (χ0) is 15.1. The lowest BCUT2D eigenvalue weighted by atomic mass is 10.1. The summed E-state index contributed by atoms with van der Waals surface area (Å²) in [6, 6.07) is 8.32. The van der Waals surface area contributed by atoms with Crippen LogP contribution in [0.1, 0.15) is 37.8 Å². The molecule has 21 heavy (non-hydrogen) atoms. The number of hydrogen-bond donors (Lipinski definition) is 1. The summed E-state index contributed by atoms with van der Waals surface area (Å²) in [5.41, 5.74) is 2.56. The van der Waals surface area contributed by atoms with Crippen LogP contribution in [0, 0.1) is 0 Å². The highest BCUT2D eigenvalue weighted by Crippen LogP contribution is 2.14.